The first-order valence-electron chi connectivity index (χ1n) is 8.44. The Morgan fingerprint density at radius 2 is 1.67 bits per heavy atom. The molecule has 0 saturated carbocycles. The highest BCUT2D eigenvalue weighted by molar-refractivity contribution is 6.03. The number of aliphatic imine (C=N–C) groups is 1. The first-order chi connectivity index (χ1) is 13.0. The van der Waals surface area contributed by atoms with Crippen LogP contribution < -0.4 is 21.5 Å². The predicted molar refractivity (Wildman–Crippen MR) is 105 cm³/mol. The number of hydrogen-bond donors (Lipinski definition) is 3. The van der Waals surface area contributed by atoms with Gasteiger partial charge in [0.2, 0.25) is 0 Å². The van der Waals surface area contributed by atoms with E-state index in [1.807, 2.05) is 66.7 Å². The number of amidine groups is 1. The molecule has 1 amide bonds. The second-order valence-electron chi connectivity index (χ2n) is 6.20. The number of benzene rings is 3. The second kappa shape index (κ2) is 6.59. The zero-order chi connectivity index (χ0) is 18.9. The normalized spacial score (nSPS) is 19.0. The number of carbonyl (C=O) groups excluding carboxylic acids is 1. The number of nitrogens with two attached hydrogens (primary N) is 2. The number of rotatable bonds is 4. The van der Waals surface area contributed by atoms with Crippen molar-refractivity contribution >= 4 is 22.5 Å². The molecule has 6 nitrogen and oxygen atoms in total. The van der Waals surface area contributed by atoms with Gasteiger partial charge in [-0.1, -0.05) is 60.7 Å². The maximum Gasteiger partial charge on any atom is 0.291 e. The van der Waals surface area contributed by atoms with E-state index in [1.54, 1.807) is 6.07 Å². The highest BCUT2D eigenvalue weighted by atomic mass is 16.5. The minimum atomic E-state index is -1.73. The molecule has 1 aliphatic heterocycles. The lowest BCUT2D eigenvalue weighted by atomic mass is 10.1. The highest BCUT2D eigenvalue weighted by Gasteiger charge is 2.39. The van der Waals surface area contributed by atoms with E-state index in [4.69, 9.17) is 16.2 Å². The van der Waals surface area contributed by atoms with E-state index in [9.17, 15) is 4.79 Å². The molecule has 0 aliphatic carbocycles. The number of nitrogens with zero attached hydrogens (tertiary/aromatic N) is 1. The van der Waals surface area contributed by atoms with E-state index in [0.717, 1.165) is 16.3 Å². The molecule has 0 saturated heterocycles. The van der Waals surface area contributed by atoms with Crippen LogP contribution in [0.25, 0.3) is 10.8 Å². The van der Waals surface area contributed by atoms with Gasteiger partial charge in [0.1, 0.15) is 17.2 Å². The van der Waals surface area contributed by atoms with Crippen LogP contribution in [0.1, 0.15) is 5.56 Å². The lowest BCUT2D eigenvalue weighted by molar-refractivity contribution is -0.116. The Bertz CT molecular complexity index is 1080. The number of nitrogens with one attached hydrogen (secondary N) is 1. The van der Waals surface area contributed by atoms with E-state index < -0.39 is 11.8 Å². The number of carbonyl (C=O) groups is 1. The van der Waals surface area contributed by atoms with Gasteiger partial charge in [0.05, 0.1) is 0 Å². The Kier molecular flexibility index (Phi) is 4.10. The summed E-state index contributed by atoms with van der Waals surface area (Å²) in [4.78, 5) is 16.4. The van der Waals surface area contributed by atoms with Crippen LogP contribution >= 0.6 is 0 Å². The number of ether oxygens (including phenoxy) is 1. The summed E-state index contributed by atoms with van der Waals surface area (Å²) in [5, 5.41) is 5.02. The zero-order valence-corrected chi connectivity index (χ0v) is 14.4. The smallest absolute Gasteiger partial charge is 0.291 e. The van der Waals surface area contributed by atoms with Crippen molar-refractivity contribution in [3.63, 3.8) is 0 Å². The maximum absolute atomic E-state index is 11.9. The molecule has 1 heterocycles. The summed E-state index contributed by atoms with van der Waals surface area (Å²) in [6, 6.07) is 22.9. The van der Waals surface area contributed by atoms with Crippen molar-refractivity contribution in [3.05, 3.63) is 90.1 Å². The number of amides is 1. The van der Waals surface area contributed by atoms with Gasteiger partial charge in [-0.15, -0.1) is 0 Å². The molecule has 3 aromatic rings. The Morgan fingerprint density at radius 3 is 2.41 bits per heavy atom. The third-order valence-corrected chi connectivity index (χ3v) is 4.32. The summed E-state index contributed by atoms with van der Waals surface area (Å²) in [6.07, 6.45) is 1.44. The fourth-order valence-corrected chi connectivity index (χ4v) is 2.98. The molecule has 4 rings (SSSR count). The van der Waals surface area contributed by atoms with Crippen LogP contribution in [0, 0.1) is 0 Å². The van der Waals surface area contributed by atoms with E-state index >= 15 is 0 Å². The van der Waals surface area contributed by atoms with Gasteiger partial charge in [0.25, 0.3) is 11.8 Å². The van der Waals surface area contributed by atoms with Gasteiger partial charge < -0.3 is 15.8 Å². The molecular formula is C21H18N4O2. The molecule has 1 aliphatic rings. The number of primary amides is 1. The van der Waals surface area contributed by atoms with Gasteiger partial charge in [-0.2, -0.15) is 0 Å². The van der Waals surface area contributed by atoms with Gasteiger partial charge in [-0.3, -0.25) is 10.5 Å². The van der Waals surface area contributed by atoms with Crippen molar-refractivity contribution in [1.29, 1.82) is 0 Å². The molecule has 0 bridgehead atoms. The number of fused-ring (bicyclic) bond motifs is 1. The van der Waals surface area contributed by atoms with E-state index in [2.05, 4.69) is 10.3 Å². The molecule has 1 atom stereocenters. The molecule has 0 aromatic heterocycles. The van der Waals surface area contributed by atoms with E-state index in [1.165, 1.54) is 6.20 Å². The summed E-state index contributed by atoms with van der Waals surface area (Å²) in [5.41, 5.74) is 12.7. The van der Waals surface area contributed by atoms with Crippen LogP contribution in [-0.4, -0.2) is 17.6 Å². The van der Waals surface area contributed by atoms with Crippen LogP contribution in [-0.2, 0) is 4.79 Å². The van der Waals surface area contributed by atoms with Gasteiger partial charge in [-0.25, -0.2) is 4.99 Å². The topological polar surface area (TPSA) is 103 Å². The third-order valence-electron chi connectivity index (χ3n) is 4.32. The third kappa shape index (κ3) is 3.26. The Hall–Kier alpha value is -3.64. The molecule has 0 fully saturated rings. The summed E-state index contributed by atoms with van der Waals surface area (Å²) in [5.74, 6) is -1.46. The fraction of sp³-hybridized carbons (Fsp3) is 0.0476. The molecule has 1 unspecified atom stereocenters. The first-order valence-corrected chi connectivity index (χ1v) is 8.44. The van der Waals surface area contributed by atoms with Crippen LogP contribution in [0.2, 0.25) is 0 Å². The average Bonchev–Trinajstić information content (AvgIpc) is 2.68. The molecule has 6 heteroatoms. The number of hydrogen-bond acceptors (Lipinski definition) is 5. The highest BCUT2D eigenvalue weighted by Crippen LogP contribution is 2.28. The average molecular weight is 358 g/mol. The fourth-order valence-electron chi connectivity index (χ4n) is 2.98. The Morgan fingerprint density at radius 1 is 0.963 bits per heavy atom. The quantitative estimate of drug-likeness (QED) is 0.622. The Labute approximate surface area is 156 Å². The minimum absolute atomic E-state index is 0.0374. The lowest BCUT2D eigenvalue weighted by Gasteiger charge is -2.31. The predicted octanol–water partition coefficient (Wildman–Crippen LogP) is 2.25. The van der Waals surface area contributed by atoms with Crippen molar-refractivity contribution in [3.8, 4) is 5.75 Å². The van der Waals surface area contributed by atoms with Crippen LogP contribution in [0.15, 0.2) is 89.6 Å². The molecule has 27 heavy (non-hydrogen) atoms. The largest absolute Gasteiger partial charge is 0.449 e. The summed E-state index contributed by atoms with van der Waals surface area (Å²) in [7, 11) is 0. The van der Waals surface area contributed by atoms with Crippen LogP contribution in [0.3, 0.4) is 0 Å². The van der Waals surface area contributed by atoms with Crippen molar-refractivity contribution in [2.45, 2.75) is 5.85 Å². The molecular weight excluding hydrogens is 340 g/mol. The summed E-state index contributed by atoms with van der Waals surface area (Å²) >= 11 is 0. The van der Waals surface area contributed by atoms with Crippen LogP contribution in [0.4, 0.5) is 0 Å². The van der Waals surface area contributed by atoms with Crippen molar-refractivity contribution in [2.24, 2.45) is 16.5 Å². The lowest BCUT2D eigenvalue weighted by Crippen LogP contribution is -2.53. The van der Waals surface area contributed by atoms with E-state index in [-0.39, 0.29) is 5.57 Å². The minimum Gasteiger partial charge on any atom is -0.449 e. The van der Waals surface area contributed by atoms with Gasteiger partial charge in [0, 0.05) is 11.8 Å². The monoisotopic (exact) mass is 358 g/mol. The molecule has 0 spiro atoms. The summed E-state index contributed by atoms with van der Waals surface area (Å²) < 4.78 is 5.96. The van der Waals surface area contributed by atoms with Gasteiger partial charge in [0.15, 0.2) is 0 Å². The van der Waals surface area contributed by atoms with Gasteiger partial charge >= 0.3 is 0 Å². The van der Waals surface area contributed by atoms with E-state index in [0.29, 0.717) is 11.6 Å². The maximum atomic E-state index is 11.9. The second-order valence-corrected chi connectivity index (χ2v) is 6.20. The molecule has 3 aromatic carbocycles. The zero-order valence-electron chi connectivity index (χ0n) is 14.4. The van der Waals surface area contributed by atoms with Crippen molar-refractivity contribution in [2.75, 3.05) is 0 Å². The van der Waals surface area contributed by atoms with Crippen molar-refractivity contribution in [1.82, 2.24) is 5.32 Å². The summed E-state index contributed by atoms with van der Waals surface area (Å²) in [6.45, 7) is 0. The van der Waals surface area contributed by atoms with Crippen molar-refractivity contribution < 1.29 is 9.53 Å². The molecule has 5 N–H and O–H groups in total. The van der Waals surface area contributed by atoms with Gasteiger partial charge in [-0.05, 0) is 22.9 Å². The van der Waals surface area contributed by atoms with Crippen LogP contribution in [0.5, 0.6) is 5.75 Å². The molecule has 0 radical (unpaired) electrons. The SMILES string of the molecule is NC(=O)C1=CNC(c2ccccc2)=NC1(N)Oc1ccc2ccccc2c1. The molecule has 134 valence electrons. The Balaban J connectivity index is 1.74. The first kappa shape index (κ1) is 16.8. The standard InChI is InChI=1S/C21H18N4O2/c22-19(26)18-13-24-20(15-7-2-1-3-8-15)25-21(18,23)27-17-11-10-14-6-4-5-9-16(14)12-17/h1-13H,23H2,(H2,22,26)(H,24,25).